The van der Waals surface area contributed by atoms with Crippen LogP contribution in [0.3, 0.4) is 0 Å². The number of anilines is 1. The van der Waals surface area contributed by atoms with Crippen LogP contribution >= 0.6 is 0 Å². The minimum absolute atomic E-state index is 0.686. The Morgan fingerprint density at radius 3 is 2.28 bits per heavy atom. The van der Waals surface area contributed by atoms with Gasteiger partial charge in [-0.3, -0.25) is 0 Å². The molecular weight excluding hydrogens is 224 g/mol. The number of nitrogens with zero attached hydrogens (tertiary/aromatic N) is 1. The summed E-state index contributed by atoms with van der Waals surface area (Å²) >= 11 is 0. The lowest BCUT2D eigenvalue weighted by Gasteiger charge is -2.22. The minimum Gasteiger partial charge on any atom is -0.494 e. The van der Waals surface area contributed by atoms with Crippen LogP contribution in [0.15, 0.2) is 24.3 Å². The van der Waals surface area contributed by atoms with Gasteiger partial charge in [-0.2, -0.15) is 0 Å². The van der Waals surface area contributed by atoms with Gasteiger partial charge in [0, 0.05) is 18.8 Å². The highest BCUT2D eigenvalue weighted by atomic mass is 16.5. The fourth-order valence-electron chi connectivity index (χ4n) is 2.36. The quantitative estimate of drug-likeness (QED) is 0.814. The highest BCUT2D eigenvalue weighted by molar-refractivity contribution is 5.49. The van der Waals surface area contributed by atoms with Crippen molar-refractivity contribution in [3.63, 3.8) is 0 Å². The van der Waals surface area contributed by atoms with Gasteiger partial charge in [0.25, 0.3) is 0 Å². The number of hydrogen-bond donors (Lipinski definition) is 1. The van der Waals surface area contributed by atoms with E-state index in [9.17, 15) is 0 Å². The summed E-state index contributed by atoms with van der Waals surface area (Å²) in [7, 11) is 0. The van der Waals surface area contributed by atoms with Crippen LogP contribution in [0.5, 0.6) is 5.75 Å². The summed E-state index contributed by atoms with van der Waals surface area (Å²) in [6.07, 6.45) is 6.28. The zero-order chi connectivity index (χ0) is 12.6. The molecule has 1 aromatic rings. The molecule has 0 atom stereocenters. The first-order valence-electron chi connectivity index (χ1n) is 7.08. The summed E-state index contributed by atoms with van der Waals surface area (Å²) in [5.41, 5.74) is 6.76. The van der Waals surface area contributed by atoms with E-state index in [0.717, 1.165) is 12.2 Å². The van der Waals surface area contributed by atoms with Crippen LogP contribution in [0.25, 0.3) is 0 Å². The Morgan fingerprint density at radius 1 is 1.00 bits per heavy atom. The number of ether oxygens (including phenoxy) is 1. The van der Waals surface area contributed by atoms with Crippen LogP contribution in [0, 0.1) is 0 Å². The lowest BCUT2D eigenvalue weighted by atomic mass is 10.2. The van der Waals surface area contributed by atoms with Gasteiger partial charge in [0.2, 0.25) is 0 Å². The first kappa shape index (κ1) is 13.2. The van der Waals surface area contributed by atoms with Crippen molar-refractivity contribution < 1.29 is 4.74 Å². The van der Waals surface area contributed by atoms with E-state index in [1.807, 2.05) is 0 Å². The monoisotopic (exact) mass is 248 g/mol. The van der Waals surface area contributed by atoms with Gasteiger partial charge in [-0.25, -0.2) is 0 Å². The molecule has 1 saturated heterocycles. The van der Waals surface area contributed by atoms with E-state index < -0.39 is 0 Å². The average molecular weight is 248 g/mol. The Bertz CT molecular complexity index is 329. The van der Waals surface area contributed by atoms with Crippen molar-refractivity contribution in [1.29, 1.82) is 0 Å². The van der Waals surface area contributed by atoms with Crippen molar-refractivity contribution in [2.24, 2.45) is 5.73 Å². The number of hydrogen-bond acceptors (Lipinski definition) is 3. The fourth-order valence-corrected chi connectivity index (χ4v) is 2.36. The van der Waals surface area contributed by atoms with Crippen LogP contribution in [-0.4, -0.2) is 26.2 Å². The van der Waals surface area contributed by atoms with Crippen molar-refractivity contribution >= 4 is 5.69 Å². The van der Waals surface area contributed by atoms with Crippen molar-refractivity contribution in [2.75, 3.05) is 31.1 Å². The van der Waals surface area contributed by atoms with E-state index in [4.69, 9.17) is 10.5 Å². The topological polar surface area (TPSA) is 38.5 Å². The van der Waals surface area contributed by atoms with Crippen molar-refractivity contribution in [1.82, 2.24) is 0 Å². The zero-order valence-corrected chi connectivity index (χ0v) is 11.1. The Kier molecular flexibility index (Phi) is 5.34. The summed E-state index contributed by atoms with van der Waals surface area (Å²) in [5, 5.41) is 0. The molecule has 1 aromatic carbocycles. The van der Waals surface area contributed by atoms with Crippen LogP contribution in [0.2, 0.25) is 0 Å². The molecule has 1 aliphatic rings. The SMILES string of the molecule is NCCCOc1ccc(N2CCCCCC2)cc1. The van der Waals surface area contributed by atoms with Gasteiger partial charge in [-0.05, 0) is 50.1 Å². The molecule has 1 heterocycles. The normalized spacial score (nSPS) is 16.4. The van der Waals surface area contributed by atoms with Gasteiger partial charge in [-0.1, -0.05) is 12.8 Å². The summed E-state index contributed by atoms with van der Waals surface area (Å²) in [4.78, 5) is 2.48. The molecule has 3 heteroatoms. The molecular formula is C15H24N2O. The Hall–Kier alpha value is -1.22. The van der Waals surface area contributed by atoms with Gasteiger partial charge in [0.15, 0.2) is 0 Å². The molecule has 2 N–H and O–H groups in total. The molecule has 100 valence electrons. The van der Waals surface area contributed by atoms with Crippen LogP contribution in [0.1, 0.15) is 32.1 Å². The van der Waals surface area contributed by atoms with Gasteiger partial charge < -0.3 is 15.4 Å². The molecule has 0 aliphatic carbocycles. The maximum atomic E-state index is 5.61. The third-order valence-electron chi connectivity index (χ3n) is 3.43. The minimum atomic E-state index is 0.686. The zero-order valence-electron chi connectivity index (χ0n) is 11.1. The van der Waals surface area contributed by atoms with Crippen molar-refractivity contribution in [3.8, 4) is 5.75 Å². The Balaban J connectivity index is 1.89. The fraction of sp³-hybridized carbons (Fsp3) is 0.600. The second-order valence-corrected chi connectivity index (χ2v) is 4.89. The maximum Gasteiger partial charge on any atom is 0.119 e. The summed E-state index contributed by atoms with van der Waals surface area (Å²) in [5.74, 6) is 0.946. The maximum absolute atomic E-state index is 5.61. The third-order valence-corrected chi connectivity index (χ3v) is 3.43. The van der Waals surface area contributed by atoms with E-state index in [0.29, 0.717) is 13.2 Å². The molecule has 3 nitrogen and oxygen atoms in total. The van der Waals surface area contributed by atoms with Gasteiger partial charge in [-0.15, -0.1) is 0 Å². The van der Waals surface area contributed by atoms with E-state index in [-0.39, 0.29) is 0 Å². The lowest BCUT2D eigenvalue weighted by Crippen LogP contribution is -2.23. The number of nitrogens with two attached hydrogens (primary N) is 1. The number of benzene rings is 1. The summed E-state index contributed by atoms with van der Waals surface area (Å²) < 4.78 is 5.61. The van der Waals surface area contributed by atoms with Crippen molar-refractivity contribution in [2.45, 2.75) is 32.1 Å². The van der Waals surface area contributed by atoms with E-state index >= 15 is 0 Å². The molecule has 0 radical (unpaired) electrons. The van der Waals surface area contributed by atoms with Crippen LogP contribution in [0.4, 0.5) is 5.69 Å². The lowest BCUT2D eigenvalue weighted by molar-refractivity contribution is 0.313. The van der Waals surface area contributed by atoms with Crippen molar-refractivity contribution in [3.05, 3.63) is 24.3 Å². The molecule has 1 aliphatic heterocycles. The predicted molar refractivity (Wildman–Crippen MR) is 76.3 cm³/mol. The highest BCUT2D eigenvalue weighted by Gasteiger charge is 2.09. The largest absolute Gasteiger partial charge is 0.494 e. The highest BCUT2D eigenvalue weighted by Crippen LogP contribution is 2.22. The first-order valence-corrected chi connectivity index (χ1v) is 7.08. The Labute approximate surface area is 110 Å². The first-order chi connectivity index (χ1) is 8.90. The predicted octanol–water partition coefficient (Wildman–Crippen LogP) is 2.79. The summed E-state index contributed by atoms with van der Waals surface area (Å²) in [6, 6.07) is 8.47. The van der Waals surface area contributed by atoms with Crippen LogP contribution in [-0.2, 0) is 0 Å². The average Bonchev–Trinajstić information content (AvgIpc) is 2.69. The third kappa shape index (κ3) is 3.91. The molecule has 1 fully saturated rings. The molecule has 18 heavy (non-hydrogen) atoms. The second-order valence-electron chi connectivity index (χ2n) is 4.89. The van der Waals surface area contributed by atoms with E-state index in [1.165, 1.54) is 44.5 Å². The molecule has 0 aromatic heterocycles. The standard InChI is InChI=1S/C15H24N2O/c16-10-5-13-18-15-8-6-14(7-9-15)17-11-3-1-2-4-12-17/h6-9H,1-5,10-13,16H2. The van der Waals surface area contributed by atoms with E-state index in [1.54, 1.807) is 0 Å². The van der Waals surface area contributed by atoms with Crippen LogP contribution < -0.4 is 15.4 Å². The molecule has 0 saturated carbocycles. The molecule has 0 unspecified atom stereocenters. The van der Waals surface area contributed by atoms with Gasteiger partial charge in [0.05, 0.1) is 6.61 Å². The number of rotatable bonds is 5. The van der Waals surface area contributed by atoms with Gasteiger partial charge in [0.1, 0.15) is 5.75 Å². The smallest absolute Gasteiger partial charge is 0.119 e. The second kappa shape index (κ2) is 7.27. The molecule has 2 rings (SSSR count). The van der Waals surface area contributed by atoms with Gasteiger partial charge >= 0.3 is 0 Å². The molecule has 0 amide bonds. The van der Waals surface area contributed by atoms with E-state index in [2.05, 4.69) is 29.2 Å². The molecule has 0 spiro atoms. The summed E-state index contributed by atoms with van der Waals surface area (Å²) in [6.45, 7) is 3.77. The molecule has 0 bridgehead atoms. The Morgan fingerprint density at radius 2 is 1.67 bits per heavy atom.